The normalized spacial score (nSPS) is 16.4. The summed E-state index contributed by atoms with van der Waals surface area (Å²) >= 11 is 0. The van der Waals surface area contributed by atoms with Crippen molar-refractivity contribution in [3.8, 4) is 0 Å². The second kappa shape index (κ2) is 9.53. The highest BCUT2D eigenvalue weighted by atomic mass is 16.5. The summed E-state index contributed by atoms with van der Waals surface area (Å²) in [7, 11) is 3.40. The van der Waals surface area contributed by atoms with Crippen molar-refractivity contribution in [1.82, 2.24) is 19.4 Å². The Labute approximate surface area is 202 Å². The van der Waals surface area contributed by atoms with Crippen molar-refractivity contribution >= 4 is 34.4 Å². The van der Waals surface area contributed by atoms with Gasteiger partial charge >= 0.3 is 0 Å². The van der Waals surface area contributed by atoms with E-state index < -0.39 is 0 Å². The van der Waals surface area contributed by atoms with Crippen LogP contribution in [0.1, 0.15) is 51.9 Å². The molecule has 3 heterocycles. The third-order valence-corrected chi connectivity index (χ3v) is 6.85. The fourth-order valence-corrected chi connectivity index (χ4v) is 4.80. The first-order valence-electron chi connectivity index (χ1n) is 11.9. The van der Waals surface area contributed by atoms with Crippen LogP contribution >= 0.6 is 0 Å². The molecular formula is C25H29N5O5. The van der Waals surface area contributed by atoms with Crippen molar-refractivity contribution in [1.29, 1.82) is 0 Å². The van der Waals surface area contributed by atoms with Crippen molar-refractivity contribution in [2.75, 3.05) is 45.2 Å². The molecular weight excluding hydrogens is 450 g/mol. The minimum absolute atomic E-state index is 0.0808. The third kappa shape index (κ3) is 4.41. The Morgan fingerprint density at radius 3 is 2.43 bits per heavy atom. The summed E-state index contributed by atoms with van der Waals surface area (Å²) in [6, 6.07) is 6.84. The zero-order valence-electron chi connectivity index (χ0n) is 20.0. The van der Waals surface area contributed by atoms with E-state index in [9.17, 15) is 14.4 Å². The van der Waals surface area contributed by atoms with E-state index in [1.54, 1.807) is 28.0 Å². The molecule has 35 heavy (non-hydrogen) atoms. The van der Waals surface area contributed by atoms with E-state index in [4.69, 9.17) is 14.1 Å². The average molecular weight is 480 g/mol. The predicted octanol–water partition coefficient (Wildman–Crippen LogP) is 2.62. The number of imidazole rings is 1. The standard InChI is InChI=1S/C25H29N5O5/c1-28-22-18(24(32)29-8-10-30(11-9-29)25(33)20-7-4-12-35-20)13-17(26-21(31)15-34-2)14-19(22)27-23(28)16-5-3-6-16/h4,7,12-14,16H,3,5-6,8-11,15H2,1-2H3,(H,26,31). The van der Waals surface area contributed by atoms with E-state index >= 15 is 0 Å². The van der Waals surface area contributed by atoms with E-state index in [-0.39, 0.29) is 24.3 Å². The molecule has 1 aliphatic heterocycles. The minimum atomic E-state index is -0.301. The number of nitrogens with one attached hydrogen (secondary N) is 1. The second-order valence-electron chi connectivity index (χ2n) is 9.09. The highest BCUT2D eigenvalue weighted by Crippen LogP contribution is 2.38. The number of carbonyl (C=O) groups is 3. The van der Waals surface area contributed by atoms with Crippen LogP contribution in [0.3, 0.4) is 0 Å². The molecule has 0 unspecified atom stereocenters. The third-order valence-electron chi connectivity index (χ3n) is 6.85. The molecule has 0 bridgehead atoms. The number of nitrogens with zero attached hydrogens (tertiary/aromatic N) is 4. The summed E-state index contributed by atoms with van der Waals surface area (Å²) in [5, 5.41) is 2.81. The summed E-state index contributed by atoms with van der Waals surface area (Å²) in [5.74, 6) is 1.03. The predicted molar refractivity (Wildman–Crippen MR) is 128 cm³/mol. The Morgan fingerprint density at radius 1 is 1.11 bits per heavy atom. The number of hydrogen-bond acceptors (Lipinski definition) is 6. The zero-order chi connectivity index (χ0) is 24.5. The van der Waals surface area contributed by atoms with Gasteiger partial charge in [0.2, 0.25) is 5.91 Å². The van der Waals surface area contributed by atoms with Crippen molar-refractivity contribution in [2.24, 2.45) is 7.05 Å². The van der Waals surface area contributed by atoms with Crippen molar-refractivity contribution in [3.63, 3.8) is 0 Å². The molecule has 2 aliphatic rings. The summed E-state index contributed by atoms with van der Waals surface area (Å²) in [6.07, 6.45) is 4.83. The Kier molecular flexibility index (Phi) is 6.29. The molecule has 1 aromatic carbocycles. The van der Waals surface area contributed by atoms with Crippen LogP contribution in [0.25, 0.3) is 11.0 Å². The molecule has 2 aromatic heterocycles. The molecule has 3 aromatic rings. The number of aromatic nitrogens is 2. The van der Waals surface area contributed by atoms with Gasteiger partial charge in [0.05, 0.1) is 22.9 Å². The van der Waals surface area contributed by atoms with Gasteiger partial charge in [0.1, 0.15) is 12.4 Å². The highest BCUT2D eigenvalue weighted by molar-refractivity contribution is 6.08. The number of furan rings is 1. The van der Waals surface area contributed by atoms with Crippen molar-refractivity contribution < 1.29 is 23.5 Å². The smallest absolute Gasteiger partial charge is 0.289 e. The Morgan fingerprint density at radius 2 is 1.83 bits per heavy atom. The molecule has 1 saturated heterocycles. The SMILES string of the molecule is COCC(=O)Nc1cc(C(=O)N2CCN(C(=O)c3ccco3)CC2)c2c(c1)nc(C1CCC1)n2C. The minimum Gasteiger partial charge on any atom is -0.459 e. The van der Waals surface area contributed by atoms with Gasteiger partial charge in [-0.2, -0.15) is 0 Å². The largest absolute Gasteiger partial charge is 0.459 e. The maximum atomic E-state index is 13.7. The fraction of sp³-hybridized carbons (Fsp3) is 0.440. The van der Waals surface area contributed by atoms with Crippen LogP contribution in [0.5, 0.6) is 0 Å². The first kappa shape index (κ1) is 23.1. The number of hydrogen-bond donors (Lipinski definition) is 1. The molecule has 184 valence electrons. The Bertz CT molecular complexity index is 1250. The lowest BCUT2D eigenvalue weighted by molar-refractivity contribution is -0.119. The van der Waals surface area contributed by atoms with Gasteiger partial charge in [-0.15, -0.1) is 0 Å². The van der Waals surface area contributed by atoms with E-state index in [1.165, 1.54) is 19.8 Å². The van der Waals surface area contributed by atoms with Gasteiger partial charge in [0.25, 0.3) is 11.8 Å². The number of aryl methyl sites for hydroxylation is 1. The number of piperazine rings is 1. The van der Waals surface area contributed by atoms with Crippen LogP contribution in [-0.2, 0) is 16.6 Å². The summed E-state index contributed by atoms with van der Waals surface area (Å²) in [5.41, 5.74) is 2.43. The Balaban J connectivity index is 1.42. The number of benzene rings is 1. The van der Waals surface area contributed by atoms with Crippen LogP contribution in [0.2, 0.25) is 0 Å². The summed E-state index contributed by atoms with van der Waals surface area (Å²) < 4.78 is 12.2. The summed E-state index contributed by atoms with van der Waals surface area (Å²) in [6.45, 7) is 1.55. The molecule has 1 N–H and O–H groups in total. The first-order valence-corrected chi connectivity index (χ1v) is 11.9. The number of carbonyl (C=O) groups excluding carboxylic acids is 3. The Hall–Kier alpha value is -3.66. The van der Waals surface area contributed by atoms with Gasteiger partial charge in [-0.05, 0) is 37.1 Å². The lowest BCUT2D eigenvalue weighted by atomic mass is 9.85. The molecule has 5 rings (SSSR count). The van der Waals surface area contributed by atoms with E-state index in [1.807, 2.05) is 17.7 Å². The average Bonchev–Trinajstić information content (AvgIpc) is 3.46. The lowest BCUT2D eigenvalue weighted by Gasteiger charge is -2.34. The van der Waals surface area contributed by atoms with Crippen LogP contribution in [0, 0.1) is 0 Å². The van der Waals surface area contributed by atoms with Crippen LogP contribution in [0.15, 0.2) is 34.9 Å². The molecule has 10 heteroatoms. The quantitative estimate of drug-likeness (QED) is 0.582. The second-order valence-corrected chi connectivity index (χ2v) is 9.09. The van der Waals surface area contributed by atoms with Gasteiger partial charge < -0.3 is 28.8 Å². The summed E-state index contributed by atoms with van der Waals surface area (Å²) in [4.78, 5) is 46.8. The highest BCUT2D eigenvalue weighted by Gasteiger charge is 2.30. The molecule has 0 radical (unpaired) electrons. The molecule has 10 nitrogen and oxygen atoms in total. The fourth-order valence-electron chi connectivity index (χ4n) is 4.80. The van der Waals surface area contributed by atoms with E-state index in [0.717, 1.165) is 24.2 Å². The zero-order valence-corrected chi connectivity index (χ0v) is 20.0. The van der Waals surface area contributed by atoms with Crippen LogP contribution < -0.4 is 5.32 Å². The number of amides is 3. The number of rotatable bonds is 6. The van der Waals surface area contributed by atoms with Crippen molar-refractivity contribution in [2.45, 2.75) is 25.2 Å². The number of anilines is 1. The van der Waals surface area contributed by atoms with E-state index in [2.05, 4.69) is 5.32 Å². The topological polar surface area (TPSA) is 110 Å². The molecule has 0 spiro atoms. The molecule has 1 aliphatic carbocycles. The molecule has 2 fully saturated rings. The molecule has 3 amide bonds. The lowest BCUT2D eigenvalue weighted by Crippen LogP contribution is -2.50. The van der Waals surface area contributed by atoms with Gasteiger partial charge in [-0.3, -0.25) is 14.4 Å². The van der Waals surface area contributed by atoms with Crippen molar-refractivity contribution in [3.05, 3.63) is 47.7 Å². The van der Waals surface area contributed by atoms with E-state index in [0.29, 0.717) is 54.6 Å². The van der Waals surface area contributed by atoms with Gasteiger partial charge in [0.15, 0.2) is 5.76 Å². The molecule has 0 atom stereocenters. The maximum Gasteiger partial charge on any atom is 0.289 e. The monoisotopic (exact) mass is 479 g/mol. The van der Waals surface area contributed by atoms with Crippen LogP contribution in [-0.4, -0.2) is 77.0 Å². The maximum absolute atomic E-state index is 13.7. The first-order chi connectivity index (χ1) is 17.0. The number of fused-ring (bicyclic) bond motifs is 1. The van der Waals surface area contributed by atoms with Gasteiger partial charge in [0, 0.05) is 51.9 Å². The number of ether oxygens (including phenoxy) is 1. The van der Waals surface area contributed by atoms with Gasteiger partial charge in [-0.25, -0.2) is 4.98 Å². The number of methoxy groups -OCH3 is 1. The van der Waals surface area contributed by atoms with Crippen LogP contribution in [0.4, 0.5) is 5.69 Å². The van der Waals surface area contributed by atoms with Gasteiger partial charge in [-0.1, -0.05) is 6.42 Å². The molecule has 1 saturated carbocycles.